The van der Waals surface area contributed by atoms with E-state index in [-0.39, 0.29) is 27.0 Å². The van der Waals surface area contributed by atoms with E-state index in [0.29, 0.717) is 0 Å². The maximum atomic E-state index is 10.2. The summed E-state index contributed by atoms with van der Waals surface area (Å²) in [6.07, 6.45) is 11.6. The van der Waals surface area contributed by atoms with Gasteiger partial charge in [0.2, 0.25) is 0 Å². The number of pyridine rings is 4. The van der Waals surface area contributed by atoms with Crippen LogP contribution in [0.15, 0.2) is 122 Å². The molecule has 0 aromatic carbocycles. The molecule has 0 amide bonds. The first-order chi connectivity index (χ1) is 13.6. The topological polar surface area (TPSA) is 108 Å². The lowest BCUT2D eigenvalue weighted by molar-refractivity contribution is -0.605. The predicted molar refractivity (Wildman–Crippen MR) is 116 cm³/mol. The molecule has 10 heteroatoms. The summed E-state index contributed by atoms with van der Waals surface area (Å²) in [5.41, 5.74) is 0. The summed E-state index contributed by atoms with van der Waals surface area (Å²) in [7, 11) is 0. The molecule has 4 aromatic heterocycles. The largest absolute Gasteiger partial charge is 2.00 e. The molecule has 0 saturated heterocycles. The van der Waals surface area contributed by atoms with Crippen molar-refractivity contribution in [1.29, 1.82) is 0 Å². The van der Waals surface area contributed by atoms with Crippen LogP contribution >= 0.6 is 0 Å². The maximum absolute atomic E-state index is 10.2. The molecular weight excluding hydrogens is 424 g/mol. The molecule has 160 valence electrons. The van der Waals surface area contributed by atoms with E-state index >= 15 is 0 Å². The second kappa shape index (κ2) is 18.8. The summed E-state index contributed by atoms with van der Waals surface area (Å²) < 4.78 is 3.00. The number of hydrogen-bond donors (Lipinski definition) is 0. The van der Waals surface area contributed by atoms with Crippen LogP contribution in [-0.2, 0) is 27.0 Å². The first kappa shape index (κ1) is 28.7. The summed E-state index contributed by atoms with van der Waals surface area (Å²) in [6, 6.07) is 20.7. The molecule has 4 aromatic rings. The maximum Gasteiger partial charge on any atom is 0.180 e. The van der Waals surface area contributed by atoms with Gasteiger partial charge < -0.3 is 47.8 Å². The van der Waals surface area contributed by atoms with E-state index in [1.807, 2.05) is 0 Å². The van der Waals surface area contributed by atoms with Gasteiger partial charge in [-0.1, -0.05) is 24.3 Å². The van der Waals surface area contributed by atoms with Crippen molar-refractivity contribution in [3.63, 3.8) is 0 Å². The number of hydrogen-bond acceptors (Lipinski definition) is 4. The smallest absolute Gasteiger partial charge is 0.180 e. The van der Waals surface area contributed by atoms with E-state index in [0.717, 1.165) is 18.9 Å². The highest BCUT2D eigenvalue weighted by Crippen LogP contribution is 1.74. The zero-order valence-electron chi connectivity index (χ0n) is 15.8. The molecule has 4 heterocycles. The molecule has 30 heavy (non-hydrogen) atoms. The van der Waals surface area contributed by atoms with Gasteiger partial charge in [-0.3, -0.25) is 0 Å². The van der Waals surface area contributed by atoms with Crippen LogP contribution in [0.4, 0.5) is 0 Å². The van der Waals surface area contributed by atoms with Crippen molar-refractivity contribution >= 4 is 27.0 Å². The van der Waals surface area contributed by atoms with Gasteiger partial charge in [-0.2, -0.15) is 18.9 Å². The summed E-state index contributed by atoms with van der Waals surface area (Å²) in [4.78, 5) is 0. The highest BCUT2D eigenvalue weighted by atomic mass is 32.1. The minimum Gasteiger partial charge on any atom is -2.00 e. The van der Waals surface area contributed by atoms with Gasteiger partial charge in [0, 0.05) is 48.5 Å². The lowest BCUT2D eigenvalue weighted by Gasteiger charge is -2.00. The van der Waals surface area contributed by atoms with E-state index in [1.54, 1.807) is 72.8 Å². The third kappa shape index (κ3) is 16.7. The highest BCUT2D eigenvalue weighted by molar-refractivity contribution is 7.37. The standard InChI is InChI=1S/4C5H5NO.2S/c4*7-6-4-2-1-3-5-6;;/h4*1-5H;;/q;;;;2*-2. The normalized spacial score (nSPS) is 8.00. The molecular formula is C20H20N4O4S2-4. The predicted octanol–water partition coefficient (Wildman–Crippen LogP) is 1.28. The Hall–Kier alpha value is -3.50. The van der Waals surface area contributed by atoms with Gasteiger partial charge in [0.05, 0.1) is 0 Å². The summed E-state index contributed by atoms with van der Waals surface area (Å²) in [5.74, 6) is 0. The molecule has 0 atom stereocenters. The van der Waals surface area contributed by atoms with Crippen LogP contribution in [-0.4, -0.2) is 0 Å². The highest BCUT2D eigenvalue weighted by Gasteiger charge is 1.76. The molecule has 0 bridgehead atoms. The zero-order chi connectivity index (χ0) is 20.5. The van der Waals surface area contributed by atoms with Crippen LogP contribution in [0.1, 0.15) is 0 Å². The number of nitrogens with zero attached hydrogens (tertiary/aromatic N) is 4. The van der Waals surface area contributed by atoms with Crippen LogP contribution < -0.4 is 18.9 Å². The lowest BCUT2D eigenvalue weighted by Crippen LogP contribution is -2.22. The Bertz CT molecular complexity index is 713. The average molecular weight is 445 g/mol. The summed E-state index contributed by atoms with van der Waals surface area (Å²) >= 11 is 0. The lowest BCUT2D eigenvalue weighted by atomic mass is 10.5. The first-order valence-corrected chi connectivity index (χ1v) is 8.13. The second-order valence-electron chi connectivity index (χ2n) is 4.94. The molecule has 0 aliphatic carbocycles. The molecule has 4 rings (SSSR count). The van der Waals surface area contributed by atoms with Crippen LogP contribution in [0, 0.1) is 20.8 Å². The van der Waals surface area contributed by atoms with E-state index in [4.69, 9.17) is 0 Å². The van der Waals surface area contributed by atoms with Crippen LogP contribution in [0.5, 0.6) is 0 Å². The van der Waals surface area contributed by atoms with E-state index < -0.39 is 0 Å². The van der Waals surface area contributed by atoms with Gasteiger partial charge in [0.1, 0.15) is 0 Å². The molecule has 0 N–H and O–H groups in total. The Labute approximate surface area is 189 Å². The molecule has 0 spiro atoms. The van der Waals surface area contributed by atoms with E-state index in [9.17, 15) is 20.8 Å². The van der Waals surface area contributed by atoms with Gasteiger partial charge in [-0.25, -0.2) is 0 Å². The van der Waals surface area contributed by atoms with Gasteiger partial charge >= 0.3 is 0 Å². The second-order valence-corrected chi connectivity index (χ2v) is 4.94. The quantitative estimate of drug-likeness (QED) is 0.301. The van der Waals surface area contributed by atoms with Crippen molar-refractivity contribution in [2.75, 3.05) is 0 Å². The van der Waals surface area contributed by atoms with E-state index in [2.05, 4.69) is 0 Å². The summed E-state index contributed by atoms with van der Waals surface area (Å²) in [6.45, 7) is 0. The van der Waals surface area contributed by atoms with Crippen molar-refractivity contribution in [2.24, 2.45) is 0 Å². The van der Waals surface area contributed by atoms with Crippen LogP contribution in [0.3, 0.4) is 0 Å². The molecule has 0 radical (unpaired) electrons. The molecule has 0 unspecified atom stereocenters. The Kier molecular flexibility index (Phi) is 18.0. The first-order valence-electron chi connectivity index (χ1n) is 8.13. The Morgan fingerprint density at radius 1 is 0.267 bits per heavy atom. The number of rotatable bonds is 0. The average Bonchev–Trinajstić information content (AvgIpc) is 2.72. The molecule has 0 aliphatic rings. The van der Waals surface area contributed by atoms with Crippen molar-refractivity contribution in [3.05, 3.63) is 143 Å². The molecule has 0 saturated carbocycles. The third-order valence-electron chi connectivity index (χ3n) is 2.75. The number of aromatic nitrogens is 4. The van der Waals surface area contributed by atoms with Crippen molar-refractivity contribution in [1.82, 2.24) is 0 Å². The van der Waals surface area contributed by atoms with Gasteiger partial charge in [0.25, 0.3) is 0 Å². The van der Waals surface area contributed by atoms with Crippen molar-refractivity contribution in [2.45, 2.75) is 0 Å². The molecule has 0 fully saturated rings. The van der Waals surface area contributed by atoms with Crippen molar-refractivity contribution < 1.29 is 18.9 Å². The Morgan fingerprint density at radius 3 is 0.467 bits per heavy atom. The third-order valence-corrected chi connectivity index (χ3v) is 2.75. The Balaban J connectivity index is 0. The van der Waals surface area contributed by atoms with Gasteiger partial charge in [-0.15, -0.1) is 0 Å². The minimum atomic E-state index is 0. The van der Waals surface area contributed by atoms with Crippen LogP contribution in [0.25, 0.3) is 0 Å². The van der Waals surface area contributed by atoms with Crippen molar-refractivity contribution in [3.8, 4) is 0 Å². The minimum absolute atomic E-state index is 0. The zero-order valence-corrected chi connectivity index (χ0v) is 17.4. The molecule has 8 nitrogen and oxygen atoms in total. The van der Waals surface area contributed by atoms with Crippen LogP contribution in [0.2, 0.25) is 0 Å². The fourth-order valence-corrected chi connectivity index (χ4v) is 1.53. The SMILES string of the molecule is [O-][n+]1ccccc1.[O-][n+]1ccccc1.[O-][n+]1ccccc1.[O-][n+]1ccccc1.[S-2].[S-2]. The Morgan fingerprint density at radius 2 is 0.400 bits per heavy atom. The molecule has 0 aliphatic heterocycles. The van der Waals surface area contributed by atoms with E-state index in [1.165, 1.54) is 49.6 Å². The summed E-state index contributed by atoms with van der Waals surface area (Å²) in [5, 5.41) is 40.7. The fraction of sp³-hybridized carbons (Fsp3) is 0. The van der Waals surface area contributed by atoms with Gasteiger partial charge in [0.15, 0.2) is 49.6 Å². The van der Waals surface area contributed by atoms with Gasteiger partial charge in [-0.05, 0) is 0 Å². The fourth-order valence-electron chi connectivity index (χ4n) is 1.53. The monoisotopic (exact) mass is 444 g/mol.